The van der Waals surface area contributed by atoms with Crippen LogP contribution in [0.25, 0.3) is 10.3 Å². The second-order valence-electron chi connectivity index (χ2n) is 6.87. The second kappa shape index (κ2) is 9.23. The summed E-state index contributed by atoms with van der Waals surface area (Å²) < 4.78 is 0.903. The van der Waals surface area contributed by atoms with Crippen molar-refractivity contribution in [1.29, 1.82) is 0 Å². The van der Waals surface area contributed by atoms with Crippen LogP contribution in [-0.4, -0.2) is 33.7 Å². The first-order chi connectivity index (χ1) is 14.6. The SMILES string of the molecule is Cc1ccc(NC(=O)CSc2ncnc3nc(N(C)Cc4ccccc4)sc23)cc1. The van der Waals surface area contributed by atoms with Gasteiger partial charge in [-0.1, -0.05) is 71.1 Å². The van der Waals surface area contributed by atoms with Crippen LogP contribution in [0.5, 0.6) is 0 Å². The number of nitrogens with one attached hydrogen (secondary N) is 1. The molecule has 0 aliphatic heterocycles. The molecule has 30 heavy (non-hydrogen) atoms. The second-order valence-corrected chi connectivity index (χ2v) is 8.81. The molecule has 8 heteroatoms. The van der Waals surface area contributed by atoms with Crippen LogP contribution in [0.3, 0.4) is 0 Å². The minimum absolute atomic E-state index is 0.0680. The van der Waals surface area contributed by atoms with Crippen LogP contribution in [0.2, 0.25) is 0 Å². The van der Waals surface area contributed by atoms with Crippen molar-refractivity contribution in [2.75, 3.05) is 23.0 Å². The lowest BCUT2D eigenvalue weighted by atomic mass is 10.2. The highest BCUT2D eigenvalue weighted by molar-refractivity contribution is 8.00. The average Bonchev–Trinajstić information content (AvgIpc) is 3.20. The summed E-state index contributed by atoms with van der Waals surface area (Å²) in [5.41, 5.74) is 3.82. The molecule has 0 atom stereocenters. The third-order valence-electron chi connectivity index (χ3n) is 4.41. The molecule has 2 aromatic heterocycles. The van der Waals surface area contributed by atoms with Gasteiger partial charge in [0.1, 0.15) is 16.1 Å². The summed E-state index contributed by atoms with van der Waals surface area (Å²) in [5.74, 6) is 0.203. The third-order valence-corrected chi connectivity index (χ3v) is 6.70. The number of anilines is 2. The predicted octanol–water partition coefficient (Wildman–Crippen LogP) is 4.76. The fraction of sp³-hybridized carbons (Fsp3) is 0.182. The Morgan fingerprint density at radius 1 is 1.10 bits per heavy atom. The number of aromatic nitrogens is 3. The molecule has 1 amide bonds. The van der Waals surface area contributed by atoms with Crippen molar-refractivity contribution in [2.24, 2.45) is 0 Å². The van der Waals surface area contributed by atoms with E-state index in [0.717, 1.165) is 32.7 Å². The zero-order valence-corrected chi connectivity index (χ0v) is 18.3. The number of benzene rings is 2. The number of thioether (sulfide) groups is 1. The normalized spacial score (nSPS) is 10.9. The van der Waals surface area contributed by atoms with Crippen LogP contribution in [0, 0.1) is 6.92 Å². The third kappa shape index (κ3) is 4.95. The number of amides is 1. The minimum atomic E-state index is -0.0680. The highest BCUT2D eigenvalue weighted by atomic mass is 32.2. The Kier molecular flexibility index (Phi) is 6.25. The van der Waals surface area contributed by atoms with Crippen LogP contribution in [-0.2, 0) is 11.3 Å². The van der Waals surface area contributed by atoms with Crippen molar-refractivity contribution < 1.29 is 4.79 Å². The Bertz CT molecular complexity index is 1150. The molecule has 0 saturated carbocycles. The summed E-state index contributed by atoms with van der Waals surface area (Å²) in [5, 5.41) is 4.56. The zero-order chi connectivity index (χ0) is 20.9. The fourth-order valence-electron chi connectivity index (χ4n) is 2.88. The van der Waals surface area contributed by atoms with Gasteiger partial charge in [0, 0.05) is 19.3 Å². The first kappa shape index (κ1) is 20.3. The Hall–Kier alpha value is -2.97. The van der Waals surface area contributed by atoms with Crippen molar-refractivity contribution in [3.8, 4) is 0 Å². The van der Waals surface area contributed by atoms with E-state index in [-0.39, 0.29) is 11.7 Å². The topological polar surface area (TPSA) is 71.0 Å². The maximum Gasteiger partial charge on any atom is 0.234 e. The molecule has 6 nitrogen and oxygen atoms in total. The number of rotatable bonds is 7. The summed E-state index contributed by atoms with van der Waals surface area (Å²) in [6.45, 7) is 2.78. The van der Waals surface area contributed by atoms with Crippen molar-refractivity contribution >= 4 is 50.2 Å². The molecule has 152 valence electrons. The highest BCUT2D eigenvalue weighted by Crippen LogP contribution is 2.33. The predicted molar refractivity (Wildman–Crippen MR) is 124 cm³/mol. The monoisotopic (exact) mass is 435 g/mol. The quantitative estimate of drug-likeness (QED) is 0.333. The van der Waals surface area contributed by atoms with Crippen molar-refractivity contribution in [3.63, 3.8) is 0 Å². The van der Waals surface area contributed by atoms with Gasteiger partial charge in [-0.05, 0) is 24.6 Å². The lowest BCUT2D eigenvalue weighted by Gasteiger charge is -2.15. The first-order valence-electron chi connectivity index (χ1n) is 9.44. The van der Waals surface area contributed by atoms with Gasteiger partial charge in [0.2, 0.25) is 5.91 Å². The Labute approximate surface area is 183 Å². The van der Waals surface area contributed by atoms with Gasteiger partial charge in [0.05, 0.1) is 5.75 Å². The van der Waals surface area contributed by atoms with Gasteiger partial charge in [0.15, 0.2) is 10.8 Å². The largest absolute Gasteiger partial charge is 0.347 e. The van der Waals surface area contributed by atoms with Crippen LogP contribution in [0.15, 0.2) is 66.0 Å². The molecule has 0 saturated heterocycles. The van der Waals surface area contributed by atoms with E-state index >= 15 is 0 Å². The van der Waals surface area contributed by atoms with Crippen LogP contribution in [0.1, 0.15) is 11.1 Å². The lowest BCUT2D eigenvalue weighted by molar-refractivity contribution is -0.113. The molecule has 0 aliphatic carbocycles. The molecule has 2 aromatic carbocycles. The number of nitrogens with zero attached hydrogens (tertiary/aromatic N) is 4. The smallest absolute Gasteiger partial charge is 0.234 e. The molecule has 1 N–H and O–H groups in total. The Morgan fingerprint density at radius 3 is 2.63 bits per heavy atom. The summed E-state index contributed by atoms with van der Waals surface area (Å²) in [4.78, 5) is 27.8. The summed E-state index contributed by atoms with van der Waals surface area (Å²) in [6, 6.07) is 18.0. The maximum absolute atomic E-state index is 12.3. The Balaban J connectivity index is 1.44. The first-order valence-corrected chi connectivity index (χ1v) is 11.2. The number of fused-ring (bicyclic) bond motifs is 1. The molecule has 4 aromatic rings. The van der Waals surface area contributed by atoms with E-state index in [2.05, 4.69) is 37.3 Å². The molecule has 0 unspecified atom stereocenters. The Morgan fingerprint density at radius 2 is 1.87 bits per heavy atom. The van der Waals surface area contributed by atoms with Crippen LogP contribution >= 0.6 is 23.1 Å². The van der Waals surface area contributed by atoms with Gasteiger partial charge >= 0.3 is 0 Å². The molecule has 2 heterocycles. The maximum atomic E-state index is 12.3. The van der Waals surface area contributed by atoms with E-state index in [1.807, 2.05) is 56.4 Å². The summed E-state index contributed by atoms with van der Waals surface area (Å²) in [6.07, 6.45) is 1.50. The average molecular weight is 436 g/mol. The van der Waals surface area contributed by atoms with Crippen molar-refractivity contribution in [1.82, 2.24) is 15.0 Å². The van der Waals surface area contributed by atoms with Crippen LogP contribution < -0.4 is 10.2 Å². The van der Waals surface area contributed by atoms with E-state index in [1.165, 1.54) is 23.7 Å². The van der Waals surface area contributed by atoms with Crippen molar-refractivity contribution in [2.45, 2.75) is 18.5 Å². The van der Waals surface area contributed by atoms with E-state index in [4.69, 9.17) is 0 Å². The van der Waals surface area contributed by atoms with E-state index in [9.17, 15) is 4.79 Å². The number of carbonyl (C=O) groups excluding carboxylic acids is 1. The summed E-state index contributed by atoms with van der Waals surface area (Å²) in [7, 11) is 2.01. The number of hydrogen-bond acceptors (Lipinski definition) is 7. The molecule has 0 spiro atoms. The minimum Gasteiger partial charge on any atom is -0.347 e. The van der Waals surface area contributed by atoms with Gasteiger partial charge in [-0.3, -0.25) is 4.79 Å². The molecular weight excluding hydrogens is 414 g/mol. The molecule has 0 fully saturated rings. The molecule has 0 bridgehead atoms. The van der Waals surface area contributed by atoms with Gasteiger partial charge in [-0.15, -0.1) is 0 Å². The molecular formula is C22H21N5OS2. The molecule has 0 radical (unpaired) electrons. The van der Waals surface area contributed by atoms with E-state index in [0.29, 0.717) is 5.65 Å². The summed E-state index contributed by atoms with van der Waals surface area (Å²) >= 11 is 2.94. The van der Waals surface area contributed by atoms with Gasteiger partial charge in [-0.25, -0.2) is 9.97 Å². The van der Waals surface area contributed by atoms with E-state index in [1.54, 1.807) is 11.3 Å². The van der Waals surface area contributed by atoms with Crippen molar-refractivity contribution in [3.05, 3.63) is 72.1 Å². The van der Waals surface area contributed by atoms with Gasteiger partial charge in [0.25, 0.3) is 0 Å². The molecule has 0 aliphatic rings. The van der Waals surface area contributed by atoms with Crippen LogP contribution in [0.4, 0.5) is 10.8 Å². The number of aryl methyl sites for hydroxylation is 1. The number of thiazole rings is 1. The van der Waals surface area contributed by atoms with E-state index < -0.39 is 0 Å². The number of carbonyl (C=O) groups is 1. The van der Waals surface area contributed by atoms with Gasteiger partial charge < -0.3 is 10.2 Å². The standard InChI is InChI=1S/C22H21N5OS2/c1-15-8-10-17(11-9-15)25-18(28)13-29-21-19-20(23-14-24-21)26-22(30-19)27(2)12-16-6-4-3-5-7-16/h3-11,14H,12-13H2,1-2H3,(H,25,28). The zero-order valence-electron chi connectivity index (χ0n) is 16.7. The number of hydrogen-bond donors (Lipinski definition) is 1. The fourth-order valence-corrected chi connectivity index (χ4v) is 4.73. The molecule has 4 rings (SSSR count). The van der Waals surface area contributed by atoms with Gasteiger partial charge in [-0.2, -0.15) is 4.98 Å². The highest BCUT2D eigenvalue weighted by Gasteiger charge is 2.15. The lowest BCUT2D eigenvalue weighted by Crippen LogP contribution is -2.15.